The molecule has 2 atom stereocenters. The van der Waals surface area contributed by atoms with E-state index in [1.54, 1.807) is 24.3 Å². The third kappa shape index (κ3) is 15.0. The molecule has 5 aliphatic rings. The molecule has 21 nitrogen and oxygen atoms in total. The zero-order valence-corrected chi connectivity index (χ0v) is 47.0. The van der Waals surface area contributed by atoms with Gasteiger partial charge < -0.3 is 57.8 Å². The lowest BCUT2D eigenvalue weighted by molar-refractivity contribution is -0.198. The first-order valence-electron chi connectivity index (χ1n) is 26.8. The Bertz CT molecular complexity index is 2770. The number of allylic oxidation sites excluding steroid dienone is 2. The molecule has 2 unspecified atom stereocenters. The Morgan fingerprint density at radius 1 is 0.650 bits per heavy atom. The minimum Gasteiger partial charge on any atom is -0.493 e. The highest BCUT2D eigenvalue weighted by Gasteiger charge is 2.37. The van der Waals surface area contributed by atoms with Gasteiger partial charge in [-0.1, -0.05) is 35.4 Å². The molecule has 3 aromatic carbocycles. The summed E-state index contributed by atoms with van der Waals surface area (Å²) in [6.07, 6.45) is 9.19. The third-order valence-electron chi connectivity index (χ3n) is 14.1. The predicted molar refractivity (Wildman–Crippen MR) is 297 cm³/mol. The number of methoxy groups -OCH3 is 2. The molecule has 3 aromatic rings. The maximum atomic E-state index is 13.8. The number of imide groups is 1. The summed E-state index contributed by atoms with van der Waals surface area (Å²) in [5, 5.41) is 3.44. The van der Waals surface area contributed by atoms with Gasteiger partial charge in [-0.05, 0) is 75.4 Å². The van der Waals surface area contributed by atoms with Gasteiger partial charge >= 0.3 is 5.97 Å². The summed E-state index contributed by atoms with van der Waals surface area (Å²) in [4.78, 5) is 93.7. The number of benzene rings is 3. The summed E-state index contributed by atoms with van der Waals surface area (Å²) in [5.41, 5.74) is 6.81. The molecule has 8 rings (SSSR count). The van der Waals surface area contributed by atoms with E-state index in [0.717, 1.165) is 29.5 Å². The molecule has 5 heterocycles. The highest BCUT2D eigenvalue weighted by molar-refractivity contribution is 8.00. The molecule has 3 fully saturated rings. The van der Waals surface area contributed by atoms with Crippen molar-refractivity contribution in [2.45, 2.75) is 89.8 Å². The Morgan fingerprint density at radius 3 is 1.60 bits per heavy atom. The van der Waals surface area contributed by atoms with Gasteiger partial charge in [-0.2, -0.15) is 0 Å². The highest BCUT2D eigenvalue weighted by atomic mass is 32.2. The molecule has 5 amide bonds. The second kappa shape index (κ2) is 27.9. The van der Waals surface area contributed by atoms with Gasteiger partial charge in [0.25, 0.3) is 23.6 Å². The third-order valence-corrected chi connectivity index (χ3v) is 15.4. The summed E-state index contributed by atoms with van der Waals surface area (Å²) >= 11 is 1.48. The molecule has 0 bridgehead atoms. The molecule has 0 aliphatic carbocycles. The average Bonchev–Trinajstić information content (AvgIpc) is 4.17. The monoisotopic (exact) mass is 1120 g/mol. The van der Waals surface area contributed by atoms with E-state index >= 15 is 0 Å². The lowest BCUT2D eigenvalue weighted by Crippen LogP contribution is -2.35. The topological polar surface area (TPSA) is 232 Å². The van der Waals surface area contributed by atoms with E-state index in [-0.39, 0.29) is 87.9 Å². The van der Waals surface area contributed by atoms with Gasteiger partial charge in [0.05, 0.1) is 114 Å². The van der Waals surface area contributed by atoms with Crippen LogP contribution in [0, 0.1) is 0 Å². The van der Waals surface area contributed by atoms with Gasteiger partial charge in [-0.15, -0.1) is 16.8 Å². The quantitative estimate of drug-likeness (QED) is 0.0449. The van der Waals surface area contributed by atoms with Gasteiger partial charge in [-0.25, -0.2) is 4.79 Å². The zero-order valence-electron chi connectivity index (χ0n) is 46.2. The predicted octanol–water partition coefficient (Wildman–Crippen LogP) is 6.76. The smallest absolute Gasteiger partial charge is 0.335 e. The standard InChI is InChI=1S/C58H70N6O15S/c1-7-37-24-42-30-60-46-28-50(48(71-5)26-44(46)56(69)62(42)32-37)77-34-39-21-40(35-78-51-29-47-45(27-49(51)72-6)57(70)63-33-38(8-2)25-43(63)31-61-47)23-41(22-39)58(3,4)80-36-52(65)59-12-14-74-16-18-76-20-19-75-17-15-73-13-11-55(68)79-64-53(66)9-10-54(64)67/h7-8,21-23,26-31,42-43H,9-20,24-25,32-36H2,1-6H3,(H,59,65)/b37-7+,38-8+. The Morgan fingerprint density at radius 2 is 1.12 bits per heavy atom. The molecule has 0 radical (unpaired) electrons. The Kier molecular flexibility index (Phi) is 20.5. The molecule has 0 aromatic heterocycles. The fourth-order valence-electron chi connectivity index (χ4n) is 9.49. The second-order valence-electron chi connectivity index (χ2n) is 19.9. The number of nitrogens with one attached hydrogen (secondary N) is 1. The zero-order chi connectivity index (χ0) is 56.8. The fourth-order valence-corrected chi connectivity index (χ4v) is 10.4. The average molecular weight is 1120 g/mol. The molecule has 5 aliphatic heterocycles. The van der Waals surface area contributed by atoms with Crippen LogP contribution in [0.2, 0.25) is 0 Å². The number of ether oxygens (including phenoxy) is 8. The van der Waals surface area contributed by atoms with Crippen molar-refractivity contribution in [1.29, 1.82) is 0 Å². The van der Waals surface area contributed by atoms with Gasteiger partial charge in [0.1, 0.15) is 13.2 Å². The van der Waals surface area contributed by atoms with E-state index in [4.69, 9.17) is 52.7 Å². The van der Waals surface area contributed by atoms with E-state index < -0.39 is 22.5 Å². The number of carbonyl (C=O) groups excluding carboxylic acids is 6. The van der Waals surface area contributed by atoms with Crippen LogP contribution in [-0.2, 0) is 60.9 Å². The first kappa shape index (κ1) is 59.0. The molecule has 1 N–H and O–H groups in total. The van der Waals surface area contributed by atoms with Crippen LogP contribution < -0.4 is 24.3 Å². The van der Waals surface area contributed by atoms with Crippen molar-refractivity contribution in [3.8, 4) is 23.0 Å². The molecule has 0 spiro atoms. The van der Waals surface area contributed by atoms with Crippen molar-refractivity contribution < 1.29 is 71.5 Å². The normalized spacial score (nSPS) is 18.6. The lowest BCUT2D eigenvalue weighted by Gasteiger charge is -2.26. The van der Waals surface area contributed by atoms with Crippen LogP contribution >= 0.6 is 11.8 Å². The Hall–Kier alpha value is -7.11. The number of hydroxylamine groups is 2. The maximum Gasteiger partial charge on any atom is 0.335 e. The van der Waals surface area contributed by atoms with Crippen molar-refractivity contribution in [1.82, 2.24) is 20.2 Å². The van der Waals surface area contributed by atoms with Crippen molar-refractivity contribution >= 4 is 71.1 Å². The van der Waals surface area contributed by atoms with Crippen LogP contribution in [0.5, 0.6) is 23.0 Å². The van der Waals surface area contributed by atoms with Gasteiger partial charge in [-0.3, -0.25) is 34.0 Å². The number of fused-ring (bicyclic) bond motifs is 4. The van der Waals surface area contributed by atoms with E-state index in [2.05, 4.69) is 31.3 Å². The van der Waals surface area contributed by atoms with E-state index in [1.807, 2.05) is 54.3 Å². The largest absolute Gasteiger partial charge is 0.493 e. The van der Waals surface area contributed by atoms with Crippen LogP contribution in [0.15, 0.2) is 75.7 Å². The summed E-state index contributed by atoms with van der Waals surface area (Å²) in [6.45, 7) is 11.9. The first-order valence-corrected chi connectivity index (χ1v) is 27.8. The summed E-state index contributed by atoms with van der Waals surface area (Å²) in [5.74, 6) is -0.363. The molecular weight excluding hydrogens is 1050 g/mol. The van der Waals surface area contributed by atoms with Crippen LogP contribution in [-0.4, -0.2) is 167 Å². The highest BCUT2D eigenvalue weighted by Crippen LogP contribution is 2.42. The molecular formula is C58H70N6O15S. The van der Waals surface area contributed by atoms with E-state index in [1.165, 1.54) is 37.1 Å². The molecule has 428 valence electrons. The van der Waals surface area contributed by atoms with E-state index in [0.29, 0.717) is 103 Å². The molecule has 0 saturated carbocycles. The number of amides is 5. The van der Waals surface area contributed by atoms with E-state index in [9.17, 15) is 28.8 Å². The van der Waals surface area contributed by atoms with Crippen molar-refractivity contribution in [3.63, 3.8) is 0 Å². The first-order chi connectivity index (χ1) is 38.7. The van der Waals surface area contributed by atoms with Crippen molar-refractivity contribution in [2.75, 3.05) is 92.5 Å². The van der Waals surface area contributed by atoms with Crippen LogP contribution in [0.1, 0.15) is 97.2 Å². The number of hydrogen-bond acceptors (Lipinski definition) is 18. The van der Waals surface area contributed by atoms with Gasteiger partial charge in [0.15, 0.2) is 23.0 Å². The molecule has 3 saturated heterocycles. The minimum absolute atomic E-state index is 0.0332. The molecule has 22 heteroatoms. The molecule has 80 heavy (non-hydrogen) atoms. The number of thioether (sulfide) groups is 1. The summed E-state index contributed by atoms with van der Waals surface area (Å²) in [7, 11) is 3.08. The summed E-state index contributed by atoms with van der Waals surface area (Å²) < 4.78 is 46.0. The number of aliphatic imine (C=N–C) groups is 2. The minimum atomic E-state index is -0.726. The maximum absolute atomic E-state index is 13.8. The van der Waals surface area contributed by atoms with Crippen molar-refractivity contribution in [3.05, 3.63) is 93.6 Å². The Labute approximate surface area is 469 Å². The fraction of sp³-hybridized carbons (Fsp3) is 0.483. The van der Waals surface area contributed by atoms with Crippen LogP contribution in [0.4, 0.5) is 11.4 Å². The summed E-state index contributed by atoms with van der Waals surface area (Å²) in [6, 6.07) is 12.7. The van der Waals surface area contributed by atoms with Gasteiger partial charge in [0.2, 0.25) is 5.91 Å². The van der Waals surface area contributed by atoms with Crippen LogP contribution in [0.25, 0.3) is 0 Å². The Balaban J connectivity index is 0.834. The second-order valence-corrected chi connectivity index (χ2v) is 21.5. The van der Waals surface area contributed by atoms with Gasteiger partial charge in [0, 0.05) is 61.8 Å². The number of carbonyl (C=O) groups is 6. The number of rotatable bonds is 28. The number of hydrogen-bond donors (Lipinski definition) is 1. The lowest BCUT2D eigenvalue weighted by atomic mass is 9.97. The SMILES string of the molecule is C/C=C1\CC2C=Nc3cc(OCc4cc(COc5cc6c(cc5OC)C(=O)N5C/C(=C/C)CC5C=N6)cc(C(C)(C)SCC(=O)NCCOCCOCCOCCOCCC(=O)ON5C(=O)CCC5=O)c4)c(OC)cc3C(=O)N2C1. The number of nitrogens with zero attached hydrogens (tertiary/aromatic N) is 5. The van der Waals surface area contributed by atoms with Crippen molar-refractivity contribution in [2.24, 2.45) is 9.98 Å². The van der Waals surface area contributed by atoms with Crippen LogP contribution in [0.3, 0.4) is 0 Å².